The van der Waals surface area contributed by atoms with E-state index in [4.69, 9.17) is 4.42 Å². The molecule has 0 aliphatic carbocycles. The van der Waals surface area contributed by atoms with Crippen LogP contribution < -0.4 is 5.32 Å². The van der Waals surface area contributed by atoms with Crippen molar-refractivity contribution < 1.29 is 4.42 Å². The van der Waals surface area contributed by atoms with Gasteiger partial charge in [-0.25, -0.2) is 0 Å². The molecule has 2 heteroatoms. The van der Waals surface area contributed by atoms with E-state index in [1.807, 2.05) is 13.3 Å². The summed E-state index contributed by atoms with van der Waals surface area (Å²) in [7, 11) is 1.94. The maximum Gasteiger partial charge on any atom is 0.137 e. The Kier molecular flexibility index (Phi) is 2.07. The Balaban J connectivity index is 2.61. The highest BCUT2D eigenvalue weighted by atomic mass is 16.3. The first-order valence-electron chi connectivity index (χ1n) is 4.43. The zero-order chi connectivity index (χ0) is 9.26. The van der Waals surface area contributed by atoms with E-state index in [2.05, 4.69) is 30.4 Å². The van der Waals surface area contributed by atoms with Gasteiger partial charge in [-0.05, 0) is 19.5 Å². The summed E-state index contributed by atoms with van der Waals surface area (Å²) in [5.74, 6) is 0. The fourth-order valence-electron chi connectivity index (χ4n) is 1.58. The zero-order valence-corrected chi connectivity index (χ0v) is 7.92. The highest BCUT2D eigenvalue weighted by molar-refractivity contribution is 5.83. The van der Waals surface area contributed by atoms with Crippen LogP contribution in [0.5, 0.6) is 0 Å². The lowest BCUT2D eigenvalue weighted by molar-refractivity contribution is 0.605. The molecule has 0 fully saturated rings. The maximum atomic E-state index is 5.49. The Morgan fingerprint density at radius 3 is 3.00 bits per heavy atom. The molecular formula is C11H13NO. The molecule has 0 aliphatic heterocycles. The summed E-state index contributed by atoms with van der Waals surface area (Å²) in [5.41, 5.74) is 3.42. The molecule has 68 valence electrons. The smallest absolute Gasteiger partial charge is 0.137 e. The van der Waals surface area contributed by atoms with Crippen molar-refractivity contribution in [1.29, 1.82) is 0 Å². The normalized spacial score (nSPS) is 10.9. The van der Waals surface area contributed by atoms with Crippen LogP contribution in [0.3, 0.4) is 0 Å². The van der Waals surface area contributed by atoms with E-state index in [0.29, 0.717) is 0 Å². The molecular weight excluding hydrogens is 162 g/mol. The Bertz CT molecular complexity index is 417. The predicted molar refractivity (Wildman–Crippen MR) is 53.7 cm³/mol. The Morgan fingerprint density at radius 2 is 2.23 bits per heavy atom. The van der Waals surface area contributed by atoms with Gasteiger partial charge in [0.25, 0.3) is 0 Å². The number of fused-ring (bicyclic) bond motifs is 1. The largest absolute Gasteiger partial charge is 0.464 e. The summed E-state index contributed by atoms with van der Waals surface area (Å²) < 4.78 is 5.49. The molecule has 2 rings (SSSR count). The lowest BCUT2D eigenvalue weighted by Gasteiger charge is -1.96. The molecule has 0 bridgehead atoms. The molecule has 0 unspecified atom stereocenters. The van der Waals surface area contributed by atoms with Crippen molar-refractivity contribution in [2.45, 2.75) is 13.5 Å². The number of hydrogen-bond acceptors (Lipinski definition) is 2. The van der Waals surface area contributed by atoms with Gasteiger partial charge in [-0.2, -0.15) is 0 Å². The van der Waals surface area contributed by atoms with E-state index < -0.39 is 0 Å². The van der Waals surface area contributed by atoms with Gasteiger partial charge in [-0.1, -0.05) is 18.2 Å². The Labute approximate surface area is 77.6 Å². The average molecular weight is 175 g/mol. The Morgan fingerprint density at radius 1 is 1.38 bits per heavy atom. The van der Waals surface area contributed by atoms with Gasteiger partial charge in [0.2, 0.25) is 0 Å². The van der Waals surface area contributed by atoms with Crippen molar-refractivity contribution >= 4 is 11.0 Å². The topological polar surface area (TPSA) is 25.2 Å². The number of benzene rings is 1. The number of para-hydroxylation sites is 1. The van der Waals surface area contributed by atoms with Gasteiger partial charge in [-0.15, -0.1) is 0 Å². The van der Waals surface area contributed by atoms with Gasteiger partial charge in [0, 0.05) is 17.5 Å². The van der Waals surface area contributed by atoms with Gasteiger partial charge in [0.1, 0.15) is 5.58 Å². The molecule has 0 saturated heterocycles. The van der Waals surface area contributed by atoms with Crippen LogP contribution in [-0.2, 0) is 6.54 Å². The summed E-state index contributed by atoms with van der Waals surface area (Å²) >= 11 is 0. The molecule has 0 atom stereocenters. The number of furan rings is 1. The van der Waals surface area contributed by atoms with Crippen molar-refractivity contribution in [2.24, 2.45) is 0 Å². The average Bonchev–Trinajstić information content (AvgIpc) is 2.51. The fraction of sp³-hybridized carbons (Fsp3) is 0.273. The summed E-state index contributed by atoms with van der Waals surface area (Å²) in [4.78, 5) is 0. The molecule has 0 spiro atoms. The van der Waals surface area contributed by atoms with Crippen molar-refractivity contribution in [3.05, 3.63) is 35.6 Å². The summed E-state index contributed by atoms with van der Waals surface area (Å²) in [5, 5.41) is 4.34. The van der Waals surface area contributed by atoms with Crippen LogP contribution in [0.4, 0.5) is 0 Å². The summed E-state index contributed by atoms with van der Waals surface area (Å²) in [6.45, 7) is 2.92. The molecule has 0 radical (unpaired) electrons. The molecule has 1 N–H and O–H groups in total. The van der Waals surface area contributed by atoms with Crippen LogP contribution in [0.1, 0.15) is 11.1 Å². The van der Waals surface area contributed by atoms with E-state index >= 15 is 0 Å². The number of hydrogen-bond donors (Lipinski definition) is 1. The van der Waals surface area contributed by atoms with Crippen molar-refractivity contribution in [1.82, 2.24) is 5.32 Å². The molecule has 2 nitrogen and oxygen atoms in total. The first kappa shape index (κ1) is 8.32. The zero-order valence-electron chi connectivity index (χ0n) is 7.92. The van der Waals surface area contributed by atoms with Crippen LogP contribution in [0.15, 0.2) is 28.9 Å². The lowest BCUT2D eigenvalue weighted by Crippen LogP contribution is -2.03. The standard InChI is InChI=1S/C11H13NO/c1-8-4-3-5-10-9(6-12-2)7-13-11(8)10/h3-5,7,12H,6H2,1-2H3. The highest BCUT2D eigenvalue weighted by Crippen LogP contribution is 2.23. The number of nitrogens with one attached hydrogen (secondary N) is 1. The van der Waals surface area contributed by atoms with E-state index in [-0.39, 0.29) is 0 Å². The first-order chi connectivity index (χ1) is 6.33. The third-order valence-corrected chi connectivity index (χ3v) is 2.24. The van der Waals surface area contributed by atoms with Gasteiger partial charge in [0.15, 0.2) is 0 Å². The van der Waals surface area contributed by atoms with E-state index in [1.165, 1.54) is 16.5 Å². The van der Waals surface area contributed by atoms with Crippen molar-refractivity contribution in [2.75, 3.05) is 7.05 Å². The summed E-state index contributed by atoms with van der Waals surface area (Å²) in [6, 6.07) is 6.22. The second-order valence-corrected chi connectivity index (χ2v) is 3.24. The minimum Gasteiger partial charge on any atom is -0.464 e. The summed E-state index contributed by atoms with van der Waals surface area (Å²) in [6.07, 6.45) is 1.83. The lowest BCUT2D eigenvalue weighted by atomic mass is 10.1. The molecule has 1 heterocycles. The third kappa shape index (κ3) is 1.33. The van der Waals surface area contributed by atoms with Crippen LogP contribution >= 0.6 is 0 Å². The maximum absolute atomic E-state index is 5.49. The van der Waals surface area contributed by atoms with Gasteiger partial charge in [0.05, 0.1) is 6.26 Å². The first-order valence-corrected chi connectivity index (χ1v) is 4.43. The van der Waals surface area contributed by atoms with E-state index in [1.54, 1.807) is 0 Å². The van der Waals surface area contributed by atoms with Gasteiger partial charge >= 0.3 is 0 Å². The highest BCUT2D eigenvalue weighted by Gasteiger charge is 2.05. The monoisotopic (exact) mass is 175 g/mol. The second-order valence-electron chi connectivity index (χ2n) is 3.24. The Hall–Kier alpha value is -1.28. The van der Waals surface area contributed by atoms with E-state index in [0.717, 1.165) is 12.1 Å². The minimum atomic E-state index is 0.858. The van der Waals surface area contributed by atoms with Gasteiger partial charge in [-0.3, -0.25) is 0 Å². The quantitative estimate of drug-likeness (QED) is 0.758. The van der Waals surface area contributed by atoms with Crippen molar-refractivity contribution in [3.63, 3.8) is 0 Å². The number of rotatable bonds is 2. The third-order valence-electron chi connectivity index (χ3n) is 2.24. The molecule has 1 aromatic carbocycles. The van der Waals surface area contributed by atoms with Gasteiger partial charge < -0.3 is 9.73 Å². The fourth-order valence-corrected chi connectivity index (χ4v) is 1.58. The number of aryl methyl sites for hydroxylation is 1. The molecule has 2 aromatic rings. The molecule has 1 aromatic heterocycles. The molecule has 0 amide bonds. The van der Waals surface area contributed by atoms with E-state index in [9.17, 15) is 0 Å². The SMILES string of the molecule is CNCc1coc2c(C)cccc12. The van der Waals surface area contributed by atoms with Crippen LogP contribution in [-0.4, -0.2) is 7.05 Å². The molecule has 0 saturated carbocycles. The second kappa shape index (κ2) is 3.23. The predicted octanol–water partition coefficient (Wildman–Crippen LogP) is 2.46. The van der Waals surface area contributed by atoms with Crippen LogP contribution in [0.2, 0.25) is 0 Å². The van der Waals surface area contributed by atoms with Crippen LogP contribution in [0, 0.1) is 6.92 Å². The minimum absolute atomic E-state index is 0.858. The molecule has 13 heavy (non-hydrogen) atoms. The van der Waals surface area contributed by atoms with Crippen LogP contribution in [0.25, 0.3) is 11.0 Å². The van der Waals surface area contributed by atoms with Crippen molar-refractivity contribution in [3.8, 4) is 0 Å². The molecule has 0 aliphatic rings.